The summed E-state index contributed by atoms with van der Waals surface area (Å²) in [5.41, 5.74) is 1.85. The molecule has 1 unspecified atom stereocenters. The number of anilines is 1. The van der Waals surface area contributed by atoms with Gasteiger partial charge in [-0.05, 0) is 62.4 Å². The summed E-state index contributed by atoms with van der Waals surface area (Å²) in [6.07, 6.45) is 4.90. The maximum atomic E-state index is 13.6. The molecule has 3 aromatic rings. The minimum atomic E-state index is -0.544. The van der Waals surface area contributed by atoms with Crippen molar-refractivity contribution in [1.29, 1.82) is 0 Å². The van der Waals surface area contributed by atoms with Gasteiger partial charge >= 0.3 is 0 Å². The van der Waals surface area contributed by atoms with Gasteiger partial charge in [-0.1, -0.05) is 6.42 Å². The van der Waals surface area contributed by atoms with Gasteiger partial charge < -0.3 is 15.2 Å². The molecule has 6 nitrogen and oxygen atoms in total. The quantitative estimate of drug-likeness (QED) is 0.642. The molecule has 2 aromatic heterocycles. The number of aliphatic hydroxyl groups excluding tert-OH is 1. The molecule has 0 amide bonds. The molecule has 2 N–H and O–H groups in total. The van der Waals surface area contributed by atoms with Gasteiger partial charge in [-0.2, -0.15) is 0 Å². The maximum Gasteiger partial charge on any atom is 0.268 e. The van der Waals surface area contributed by atoms with E-state index in [9.17, 15) is 9.90 Å². The number of fused-ring (bicyclic) bond motifs is 3. The standard InChI is InChI=1S/C21H25N3O3S/c1-13(25)12-22-21-23-19-18(16-6-4-3-5-7-17(16)28-19)20(26)24(21)14-8-10-15(27-2)11-9-14/h8-11,13,25H,3-7,12H2,1-2H3,(H,22,23). The Kier molecular flexibility index (Phi) is 5.37. The van der Waals surface area contributed by atoms with Crippen molar-refractivity contribution in [2.24, 2.45) is 0 Å². The fraction of sp³-hybridized carbons (Fsp3) is 0.429. The number of hydrogen-bond donors (Lipinski definition) is 2. The minimum absolute atomic E-state index is 0.0531. The van der Waals surface area contributed by atoms with Gasteiger partial charge in [0.2, 0.25) is 5.95 Å². The van der Waals surface area contributed by atoms with Gasteiger partial charge in [0.05, 0.1) is 24.3 Å². The molecule has 0 aliphatic heterocycles. The van der Waals surface area contributed by atoms with E-state index >= 15 is 0 Å². The lowest BCUT2D eigenvalue weighted by Gasteiger charge is -2.15. The Labute approximate surface area is 167 Å². The smallest absolute Gasteiger partial charge is 0.268 e. The van der Waals surface area contributed by atoms with Gasteiger partial charge in [-0.15, -0.1) is 11.3 Å². The number of benzene rings is 1. The molecule has 1 atom stereocenters. The molecular weight excluding hydrogens is 374 g/mol. The summed E-state index contributed by atoms with van der Waals surface area (Å²) in [7, 11) is 1.62. The molecule has 0 spiro atoms. The number of rotatable bonds is 5. The number of aromatic nitrogens is 2. The molecule has 0 fully saturated rings. The molecular formula is C21H25N3O3S. The number of aliphatic hydroxyl groups is 1. The van der Waals surface area contributed by atoms with Crippen molar-refractivity contribution in [2.75, 3.05) is 19.0 Å². The van der Waals surface area contributed by atoms with Crippen molar-refractivity contribution in [3.05, 3.63) is 45.1 Å². The first-order valence-corrected chi connectivity index (χ1v) is 10.5. The van der Waals surface area contributed by atoms with Crippen LogP contribution in [0.4, 0.5) is 5.95 Å². The number of aryl methyl sites for hydroxylation is 2. The Bertz CT molecular complexity index is 1040. The number of thiophene rings is 1. The van der Waals surface area contributed by atoms with Crippen LogP contribution in [0.1, 0.15) is 36.6 Å². The molecule has 148 valence electrons. The predicted molar refractivity (Wildman–Crippen MR) is 113 cm³/mol. The van der Waals surface area contributed by atoms with Gasteiger partial charge in [0.25, 0.3) is 5.56 Å². The van der Waals surface area contributed by atoms with Crippen molar-refractivity contribution in [1.82, 2.24) is 9.55 Å². The van der Waals surface area contributed by atoms with Crippen molar-refractivity contribution < 1.29 is 9.84 Å². The molecule has 28 heavy (non-hydrogen) atoms. The van der Waals surface area contributed by atoms with E-state index in [4.69, 9.17) is 9.72 Å². The molecule has 0 saturated heterocycles. The van der Waals surface area contributed by atoms with E-state index in [1.54, 1.807) is 29.9 Å². The Hall–Kier alpha value is -2.38. The van der Waals surface area contributed by atoms with Crippen LogP contribution in [0.25, 0.3) is 15.9 Å². The SMILES string of the molecule is COc1ccc(-n2c(NCC(C)O)nc3sc4c(c3c2=O)CCCCC4)cc1. The highest BCUT2D eigenvalue weighted by atomic mass is 32.1. The van der Waals surface area contributed by atoms with Crippen LogP contribution < -0.4 is 15.6 Å². The van der Waals surface area contributed by atoms with Gasteiger partial charge in [-0.25, -0.2) is 9.55 Å². The highest BCUT2D eigenvalue weighted by molar-refractivity contribution is 7.18. The monoisotopic (exact) mass is 399 g/mol. The minimum Gasteiger partial charge on any atom is -0.497 e. The van der Waals surface area contributed by atoms with E-state index in [-0.39, 0.29) is 5.56 Å². The Morgan fingerprint density at radius 1 is 1.25 bits per heavy atom. The second kappa shape index (κ2) is 7.93. The van der Waals surface area contributed by atoms with E-state index < -0.39 is 6.10 Å². The second-order valence-electron chi connectivity index (χ2n) is 7.25. The molecule has 0 radical (unpaired) electrons. The average molecular weight is 400 g/mol. The highest BCUT2D eigenvalue weighted by Gasteiger charge is 2.22. The maximum absolute atomic E-state index is 13.6. The summed E-state index contributed by atoms with van der Waals surface area (Å²) in [5, 5.41) is 13.6. The topological polar surface area (TPSA) is 76.4 Å². The number of methoxy groups -OCH3 is 1. The normalized spacial score (nSPS) is 15.1. The summed E-state index contributed by atoms with van der Waals surface area (Å²) in [4.78, 5) is 20.5. The van der Waals surface area contributed by atoms with Crippen LogP contribution in [0, 0.1) is 0 Å². The van der Waals surface area contributed by atoms with E-state index in [0.717, 1.165) is 40.9 Å². The highest BCUT2D eigenvalue weighted by Crippen LogP contribution is 2.34. The molecule has 0 bridgehead atoms. The molecule has 4 rings (SSSR count). The molecule has 1 aromatic carbocycles. The van der Waals surface area contributed by atoms with Crippen LogP contribution in [-0.2, 0) is 12.8 Å². The summed E-state index contributed by atoms with van der Waals surface area (Å²) in [6, 6.07) is 7.37. The van der Waals surface area contributed by atoms with Crippen molar-refractivity contribution in [3.8, 4) is 11.4 Å². The van der Waals surface area contributed by atoms with Gasteiger partial charge in [-0.3, -0.25) is 4.79 Å². The zero-order valence-electron chi connectivity index (χ0n) is 16.2. The van der Waals surface area contributed by atoms with Crippen LogP contribution >= 0.6 is 11.3 Å². The number of nitrogens with one attached hydrogen (secondary N) is 1. The van der Waals surface area contributed by atoms with E-state index in [1.165, 1.54) is 23.3 Å². The summed E-state index contributed by atoms with van der Waals surface area (Å²) in [6.45, 7) is 2.02. The largest absolute Gasteiger partial charge is 0.497 e. The molecule has 1 aliphatic carbocycles. The van der Waals surface area contributed by atoms with Crippen LogP contribution in [0.2, 0.25) is 0 Å². The zero-order valence-corrected chi connectivity index (χ0v) is 17.0. The van der Waals surface area contributed by atoms with E-state index in [2.05, 4.69) is 5.32 Å². The zero-order chi connectivity index (χ0) is 19.7. The molecule has 1 aliphatic rings. The van der Waals surface area contributed by atoms with Gasteiger partial charge in [0.15, 0.2) is 0 Å². The Morgan fingerprint density at radius 3 is 2.71 bits per heavy atom. The second-order valence-corrected chi connectivity index (χ2v) is 8.33. The first-order chi connectivity index (χ1) is 13.6. The van der Waals surface area contributed by atoms with Crippen molar-refractivity contribution in [2.45, 2.75) is 45.1 Å². The van der Waals surface area contributed by atoms with Crippen LogP contribution in [0.15, 0.2) is 29.1 Å². The van der Waals surface area contributed by atoms with Crippen LogP contribution in [0.3, 0.4) is 0 Å². The first kappa shape index (κ1) is 19.0. The molecule has 0 saturated carbocycles. The summed E-state index contributed by atoms with van der Waals surface area (Å²) >= 11 is 1.64. The van der Waals surface area contributed by atoms with Gasteiger partial charge in [0.1, 0.15) is 10.6 Å². The lowest BCUT2D eigenvalue weighted by Crippen LogP contribution is -2.26. The lowest BCUT2D eigenvalue weighted by molar-refractivity contribution is 0.208. The fourth-order valence-electron chi connectivity index (χ4n) is 3.71. The first-order valence-electron chi connectivity index (χ1n) is 9.72. The average Bonchev–Trinajstić information content (AvgIpc) is 2.88. The Balaban J connectivity index is 1.92. The number of ether oxygens (including phenoxy) is 1. The predicted octanol–water partition coefficient (Wildman–Crippen LogP) is 3.52. The third-order valence-electron chi connectivity index (χ3n) is 5.13. The van der Waals surface area contributed by atoms with Crippen molar-refractivity contribution in [3.63, 3.8) is 0 Å². The van der Waals surface area contributed by atoms with E-state index in [1.807, 2.05) is 24.3 Å². The van der Waals surface area contributed by atoms with Crippen LogP contribution in [-0.4, -0.2) is 34.4 Å². The number of nitrogens with zero attached hydrogens (tertiary/aromatic N) is 2. The van der Waals surface area contributed by atoms with E-state index in [0.29, 0.717) is 12.5 Å². The molecule has 7 heteroatoms. The summed E-state index contributed by atoms with van der Waals surface area (Å²) < 4.78 is 6.85. The van der Waals surface area contributed by atoms with Crippen molar-refractivity contribution >= 4 is 27.5 Å². The lowest BCUT2D eigenvalue weighted by atomic mass is 10.1. The number of hydrogen-bond acceptors (Lipinski definition) is 6. The summed E-state index contributed by atoms with van der Waals surface area (Å²) in [5.74, 6) is 1.19. The Morgan fingerprint density at radius 2 is 2.00 bits per heavy atom. The van der Waals surface area contributed by atoms with Crippen LogP contribution in [0.5, 0.6) is 5.75 Å². The fourth-order valence-corrected chi connectivity index (χ4v) is 4.96. The third kappa shape index (κ3) is 3.52. The third-order valence-corrected chi connectivity index (χ3v) is 6.31. The molecule has 2 heterocycles. The van der Waals surface area contributed by atoms with Gasteiger partial charge in [0, 0.05) is 11.4 Å².